The highest BCUT2D eigenvalue weighted by Gasteiger charge is 1.97. The van der Waals surface area contributed by atoms with Gasteiger partial charge in [-0.25, -0.2) is 0 Å². The van der Waals surface area contributed by atoms with Crippen LogP contribution in [0.15, 0.2) is 18.3 Å². The maximum absolute atomic E-state index is 5.64. The third-order valence-electron chi connectivity index (χ3n) is 1.83. The Labute approximate surface area is 73.8 Å². The number of aromatic nitrogens is 1. The summed E-state index contributed by atoms with van der Waals surface area (Å²) < 4.78 is 0. The zero-order valence-electron chi connectivity index (χ0n) is 7.75. The van der Waals surface area contributed by atoms with Crippen molar-refractivity contribution in [2.45, 2.75) is 32.7 Å². The predicted molar refractivity (Wildman–Crippen MR) is 50.9 cm³/mol. The number of rotatable bonds is 3. The Bertz CT molecular complexity index is 226. The fraction of sp³-hybridized carbons (Fsp3) is 0.500. The minimum absolute atomic E-state index is 0.271. The van der Waals surface area contributed by atoms with E-state index >= 15 is 0 Å². The van der Waals surface area contributed by atoms with Crippen molar-refractivity contribution in [3.8, 4) is 0 Å². The monoisotopic (exact) mass is 164 g/mol. The van der Waals surface area contributed by atoms with E-state index in [4.69, 9.17) is 5.73 Å². The van der Waals surface area contributed by atoms with Crippen molar-refractivity contribution in [2.75, 3.05) is 0 Å². The SMILES string of the molecule is Cc1ccc(CCC(C)N)nc1. The van der Waals surface area contributed by atoms with Crippen molar-refractivity contribution < 1.29 is 0 Å². The third kappa shape index (κ3) is 3.01. The fourth-order valence-corrected chi connectivity index (χ4v) is 1.02. The maximum Gasteiger partial charge on any atom is 0.0404 e. The van der Waals surface area contributed by atoms with E-state index in [1.165, 1.54) is 5.56 Å². The molecule has 1 unspecified atom stereocenters. The van der Waals surface area contributed by atoms with Crippen LogP contribution >= 0.6 is 0 Å². The first kappa shape index (κ1) is 9.20. The molecule has 0 saturated heterocycles. The molecule has 0 spiro atoms. The highest BCUT2D eigenvalue weighted by Crippen LogP contribution is 2.02. The molecular weight excluding hydrogens is 148 g/mol. The maximum atomic E-state index is 5.64. The molecule has 1 heterocycles. The van der Waals surface area contributed by atoms with E-state index in [-0.39, 0.29) is 6.04 Å². The molecule has 0 fully saturated rings. The Morgan fingerprint density at radius 3 is 2.75 bits per heavy atom. The molecule has 66 valence electrons. The number of pyridine rings is 1. The zero-order chi connectivity index (χ0) is 8.97. The number of nitrogens with two attached hydrogens (primary N) is 1. The summed E-state index contributed by atoms with van der Waals surface area (Å²) in [6.45, 7) is 4.07. The number of hydrogen-bond donors (Lipinski definition) is 1. The topological polar surface area (TPSA) is 38.9 Å². The van der Waals surface area contributed by atoms with Crippen LogP contribution < -0.4 is 5.73 Å². The van der Waals surface area contributed by atoms with Gasteiger partial charge < -0.3 is 5.73 Å². The summed E-state index contributed by atoms with van der Waals surface area (Å²) in [5.74, 6) is 0. The smallest absolute Gasteiger partial charge is 0.0404 e. The van der Waals surface area contributed by atoms with E-state index in [0.717, 1.165) is 18.5 Å². The Kier molecular flexibility index (Phi) is 3.23. The van der Waals surface area contributed by atoms with Crippen LogP contribution in [0.4, 0.5) is 0 Å². The van der Waals surface area contributed by atoms with Crippen LogP contribution in [-0.2, 0) is 6.42 Å². The lowest BCUT2D eigenvalue weighted by Gasteiger charge is -2.03. The van der Waals surface area contributed by atoms with Crippen LogP contribution in [0.3, 0.4) is 0 Å². The Balaban J connectivity index is 2.48. The van der Waals surface area contributed by atoms with Crippen molar-refractivity contribution in [2.24, 2.45) is 5.73 Å². The molecule has 0 aliphatic heterocycles. The largest absolute Gasteiger partial charge is 0.328 e. The fourth-order valence-electron chi connectivity index (χ4n) is 1.02. The van der Waals surface area contributed by atoms with E-state index < -0.39 is 0 Å². The summed E-state index contributed by atoms with van der Waals surface area (Å²) in [6.07, 6.45) is 3.89. The molecule has 2 nitrogen and oxygen atoms in total. The minimum atomic E-state index is 0.271. The number of aryl methyl sites for hydroxylation is 2. The molecule has 0 aliphatic rings. The molecule has 1 aromatic rings. The molecule has 0 amide bonds. The van der Waals surface area contributed by atoms with Gasteiger partial charge in [0.05, 0.1) is 0 Å². The highest BCUT2D eigenvalue weighted by atomic mass is 14.7. The standard InChI is InChI=1S/C10H16N2/c1-8-3-5-10(12-7-8)6-4-9(2)11/h3,5,7,9H,4,6,11H2,1-2H3. The number of hydrogen-bond acceptors (Lipinski definition) is 2. The normalized spacial score (nSPS) is 12.9. The second kappa shape index (κ2) is 4.21. The van der Waals surface area contributed by atoms with Gasteiger partial charge in [0.2, 0.25) is 0 Å². The molecule has 0 radical (unpaired) electrons. The Hall–Kier alpha value is -0.890. The predicted octanol–water partition coefficient (Wildman–Crippen LogP) is 1.67. The summed E-state index contributed by atoms with van der Waals surface area (Å²) in [4.78, 5) is 4.29. The molecule has 2 heteroatoms. The lowest BCUT2D eigenvalue weighted by molar-refractivity contribution is 0.658. The van der Waals surface area contributed by atoms with Gasteiger partial charge in [-0.1, -0.05) is 6.07 Å². The third-order valence-corrected chi connectivity index (χ3v) is 1.83. The van der Waals surface area contributed by atoms with Gasteiger partial charge >= 0.3 is 0 Å². The van der Waals surface area contributed by atoms with E-state index in [1.807, 2.05) is 20.0 Å². The first-order valence-corrected chi connectivity index (χ1v) is 4.35. The number of nitrogens with zero attached hydrogens (tertiary/aromatic N) is 1. The lowest BCUT2D eigenvalue weighted by atomic mass is 10.1. The molecule has 12 heavy (non-hydrogen) atoms. The van der Waals surface area contributed by atoms with Gasteiger partial charge in [-0.2, -0.15) is 0 Å². The average Bonchev–Trinajstić information content (AvgIpc) is 2.03. The highest BCUT2D eigenvalue weighted by molar-refractivity contribution is 5.12. The summed E-state index contributed by atoms with van der Waals surface area (Å²) in [7, 11) is 0. The summed E-state index contributed by atoms with van der Waals surface area (Å²) in [5, 5.41) is 0. The van der Waals surface area contributed by atoms with Gasteiger partial charge in [0.1, 0.15) is 0 Å². The second-order valence-corrected chi connectivity index (χ2v) is 3.34. The van der Waals surface area contributed by atoms with Gasteiger partial charge in [-0.05, 0) is 38.3 Å². The Morgan fingerprint density at radius 1 is 1.50 bits per heavy atom. The molecular formula is C10H16N2. The molecule has 2 N–H and O–H groups in total. The molecule has 1 atom stereocenters. The minimum Gasteiger partial charge on any atom is -0.328 e. The van der Waals surface area contributed by atoms with Crippen molar-refractivity contribution in [3.05, 3.63) is 29.6 Å². The molecule has 0 saturated carbocycles. The average molecular weight is 164 g/mol. The Morgan fingerprint density at radius 2 is 2.25 bits per heavy atom. The molecule has 1 aromatic heterocycles. The van der Waals surface area contributed by atoms with Crippen LogP contribution in [0.5, 0.6) is 0 Å². The quantitative estimate of drug-likeness (QED) is 0.738. The zero-order valence-corrected chi connectivity index (χ0v) is 7.75. The lowest BCUT2D eigenvalue weighted by Crippen LogP contribution is -2.15. The van der Waals surface area contributed by atoms with E-state index in [2.05, 4.69) is 17.1 Å². The second-order valence-electron chi connectivity index (χ2n) is 3.34. The van der Waals surface area contributed by atoms with Gasteiger partial charge in [0.15, 0.2) is 0 Å². The van der Waals surface area contributed by atoms with E-state index in [0.29, 0.717) is 0 Å². The van der Waals surface area contributed by atoms with Crippen molar-refractivity contribution in [3.63, 3.8) is 0 Å². The summed E-state index contributed by atoms with van der Waals surface area (Å²) >= 11 is 0. The first-order chi connectivity index (χ1) is 5.68. The molecule has 1 rings (SSSR count). The van der Waals surface area contributed by atoms with Gasteiger partial charge in [-0.15, -0.1) is 0 Å². The molecule has 0 aromatic carbocycles. The van der Waals surface area contributed by atoms with Crippen molar-refractivity contribution in [1.29, 1.82) is 0 Å². The van der Waals surface area contributed by atoms with Crippen LogP contribution in [0, 0.1) is 6.92 Å². The van der Waals surface area contributed by atoms with Crippen LogP contribution in [0.1, 0.15) is 24.6 Å². The molecule has 0 bridgehead atoms. The first-order valence-electron chi connectivity index (χ1n) is 4.35. The van der Waals surface area contributed by atoms with Crippen molar-refractivity contribution in [1.82, 2.24) is 4.98 Å². The van der Waals surface area contributed by atoms with Crippen LogP contribution in [0.2, 0.25) is 0 Å². The molecule has 0 aliphatic carbocycles. The van der Waals surface area contributed by atoms with E-state index in [9.17, 15) is 0 Å². The van der Waals surface area contributed by atoms with Gasteiger partial charge in [-0.3, -0.25) is 4.98 Å². The summed E-state index contributed by atoms with van der Waals surface area (Å²) in [5.41, 5.74) is 7.99. The van der Waals surface area contributed by atoms with Gasteiger partial charge in [0.25, 0.3) is 0 Å². The van der Waals surface area contributed by atoms with Crippen molar-refractivity contribution >= 4 is 0 Å². The van der Waals surface area contributed by atoms with E-state index in [1.54, 1.807) is 0 Å². The summed E-state index contributed by atoms with van der Waals surface area (Å²) in [6, 6.07) is 4.43. The van der Waals surface area contributed by atoms with Crippen LogP contribution in [-0.4, -0.2) is 11.0 Å². The van der Waals surface area contributed by atoms with Crippen LogP contribution in [0.25, 0.3) is 0 Å². The van der Waals surface area contributed by atoms with Gasteiger partial charge in [0, 0.05) is 17.9 Å².